The molecule has 0 unspecified atom stereocenters. The summed E-state index contributed by atoms with van der Waals surface area (Å²) in [5.41, 5.74) is 0.833. The number of fused-ring (bicyclic) bond motifs is 2. The number of hydrogen-bond donors (Lipinski definition) is 2. The second-order valence-electron chi connectivity index (χ2n) is 10.3. The Labute approximate surface area is 233 Å². The first-order chi connectivity index (χ1) is 19.2. The second-order valence-corrected chi connectivity index (χ2v) is 10.3. The fraction of sp³-hybridized carbons (Fsp3) is 0.448. The summed E-state index contributed by atoms with van der Waals surface area (Å²) < 4.78 is 20.3. The van der Waals surface area contributed by atoms with Gasteiger partial charge in [0.2, 0.25) is 17.7 Å². The number of rotatable bonds is 3. The predicted octanol–water partition coefficient (Wildman–Crippen LogP) is 1.58. The fourth-order valence-electron chi connectivity index (χ4n) is 5.02. The van der Waals surface area contributed by atoms with Gasteiger partial charge in [-0.1, -0.05) is 30.3 Å². The van der Waals surface area contributed by atoms with E-state index in [1.54, 1.807) is 11.9 Å². The largest absolute Gasteiger partial charge is 0.491 e. The summed E-state index contributed by atoms with van der Waals surface area (Å²) in [6.07, 6.45) is -0.0641. The lowest BCUT2D eigenvalue weighted by molar-refractivity contribution is -0.142. The molecule has 11 heteroatoms. The van der Waals surface area contributed by atoms with Gasteiger partial charge in [-0.15, -0.1) is 0 Å². The molecule has 0 aliphatic carbocycles. The van der Waals surface area contributed by atoms with Gasteiger partial charge in [-0.25, -0.2) is 4.39 Å². The molecule has 3 atom stereocenters. The first-order valence-electron chi connectivity index (χ1n) is 13.4. The van der Waals surface area contributed by atoms with Crippen molar-refractivity contribution in [2.24, 2.45) is 0 Å². The number of nitrogens with zero attached hydrogens (tertiary/aromatic N) is 3. The van der Waals surface area contributed by atoms with E-state index in [9.17, 15) is 23.6 Å². The van der Waals surface area contributed by atoms with Crippen LogP contribution in [0.4, 0.5) is 4.39 Å². The number of halogens is 1. The number of benzene rings is 2. The van der Waals surface area contributed by atoms with Crippen molar-refractivity contribution in [2.45, 2.75) is 37.9 Å². The molecule has 0 spiro atoms. The second kappa shape index (κ2) is 12.9. The topological polar surface area (TPSA) is 111 Å². The highest BCUT2D eigenvalue weighted by atomic mass is 19.1. The molecule has 2 heterocycles. The van der Waals surface area contributed by atoms with E-state index in [2.05, 4.69) is 10.6 Å². The van der Waals surface area contributed by atoms with Crippen LogP contribution in [0.15, 0.2) is 48.5 Å². The Morgan fingerprint density at radius 3 is 2.60 bits per heavy atom. The predicted molar refractivity (Wildman–Crippen MR) is 146 cm³/mol. The minimum atomic E-state index is -1.04. The molecular weight excluding hydrogens is 517 g/mol. The van der Waals surface area contributed by atoms with Crippen LogP contribution in [0.25, 0.3) is 0 Å². The Morgan fingerprint density at radius 2 is 1.85 bits per heavy atom. The summed E-state index contributed by atoms with van der Waals surface area (Å²) in [5.74, 6) is -2.10. The SMILES string of the molecule is C[C@@H](NC(=O)[C@@H]1CCC(=O)N(C)CC(=O)N2CCNC[C@H]2COc2ccc(F)cc2C(=O)N1C)c1ccccc1. The van der Waals surface area contributed by atoms with E-state index in [0.29, 0.717) is 19.6 Å². The number of hydrogen-bond acceptors (Lipinski definition) is 6. The van der Waals surface area contributed by atoms with Crippen molar-refractivity contribution in [3.05, 3.63) is 65.5 Å². The molecule has 4 amide bonds. The number of ether oxygens (including phenoxy) is 1. The zero-order valence-electron chi connectivity index (χ0n) is 23.1. The van der Waals surface area contributed by atoms with Gasteiger partial charge in [-0.2, -0.15) is 0 Å². The van der Waals surface area contributed by atoms with Gasteiger partial charge in [0.25, 0.3) is 5.91 Å². The van der Waals surface area contributed by atoms with E-state index < -0.39 is 23.7 Å². The lowest BCUT2D eigenvalue weighted by Crippen LogP contribution is -2.57. The average molecular weight is 554 g/mol. The molecule has 2 N–H and O–H groups in total. The van der Waals surface area contributed by atoms with Crippen molar-refractivity contribution in [3.63, 3.8) is 0 Å². The summed E-state index contributed by atoms with van der Waals surface area (Å²) in [6, 6.07) is 11.3. The van der Waals surface area contributed by atoms with Crippen molar-refractivity contribution < 1.29 is 28.3 Å². The first-order valence-corrected chi connectivity index (χ1v) is 13.4. The molecule has 1 fully saturated rings. The zero-order valence-corrected chi connectivity index (χ0v) is 23.1. The maximum absolute atomic E-state index is 14.3. The van der Waals surface area contributed by atoms with Crippen molar-refractivity contribution in [2.75, 3.05) is 46.9 Å². The average Bonchev–Trinajstić information content (AvgIpc) is 2.96. The van der Waals surface area contributed by atoms with Gasteiger partial charge in [0.05, 0.1) is 24.2 Å². The maximum atomic E-state index is 14.3. The third kappa shape index (κ3) is 6.77. The Balaban J connectivity index is 1.66. The molecule has 2 aliphatic rings. The Kier molecular flexibility index (Phi) is 9.36. The molecule has 0 saturated carbocycles. The summed E-state index contributed by atoms with van der Waals surface area (Å²) in [7, 11) is 3.00. The molecule has 0 aromatic heterocycles. The number of likely N-dealkylation sites (N-methyl/N-ethyl adjacent to an activating group) is 2. The van der Waals surface area contributed by atoms with E-state index in [1.165, 1.54) is 29.0 Å². The molecule has 2 aromatic rings. The lowest BCUT2D eigenvalue weighted by Gasteiger charge is -2.37. The Morgan fingerprint density at radius 1 is 1.10 bits per heavy atom. The fourth-order valence-corrected chi connectivity index (χ4v) is 5.02. The van der Waals surface area contributed by atoms with Crippen molar-refractivity contribution >= 4 is 23.6 Å². The maximum Gasteiger partial charge on any atom is 0.258 e. The van der Waals surface area contributed by atoms with Crippen molar-refractivity contribution in [3.8, 4) is 5.75 Å². The number of amides is 4. The van der Waals surface area contributed by atoms with Gasteiger partial charge in [0.1, 0.15) is 24.2 Å². The van der Waals surface area contributed by atoms with Crippen LogP contribution < -0.4 is 15.4 Å². The van der Waals surface area contributed by atoms with E-state index in [1.807, 2.05) is 37.3 Å². The Bertz CT molecular complexity index is 1240. The van der Waals surface area contributed by atoms with E-state index >= 15 is 0 Å². The van der Waals surface area contributed by atoms with Crippen LogP contribution in [-0.2, 0) is 14.4 Å². The quantitative estimate of drug-likeness (QED) is 0.597. The summed E-state index contributed by atoms with van der Waals surface area (Å²) in [4.78, 5) is 57.6. The van der Waals surface area contributed by atoms with E-state index in [-0.39, 0.29) is 61.2 Å². The van der Waals surface area contributed by atoms with Crippen LogP contribution in [-0.4, -0.2) is 97.3 Å². The number of nitrogens with one attached hydrogen (secondary N) is 2. The number of carbonyl (C=O) groups is 4. The minimum absolute atomic E-state index is 0.00864. The van der Waals surface area contributed by atoms with Crippen molar-refractivity contribution in [1.29, 1.82) is 0 Å². The molecular formula is C29H36FN5O5. The third-order valence-corrected chi connectivity index (χ3v) is 7.45. The molecule has 214 valence electrons. The summed E-state index contributed by atoms with van der Waals surface area (Å²) >= 11 is 0. The van der Waals surface area contributed by atoms with Crippen LogP contribution in [0.1, 0.15) is 41.7 Å². The Hall–Kier alpha value is -3.99. The highest BCUT2D eigenvalue weighted by molar-refractivity contribution is 5.99. The molecule has 4 rings (SSSR count). The highest BCUT2D eigenvalue weighted by Gasteiger charge is 2.33. The van der Waals surface area contributed by atoms with Crippen LogP contribution in [0.2, 0.25) is 0 Å². The van der Waals surface area contributed by atoms with Gasteiger partial charge >= 0.3 is 0 Å². The zero-order chi connectivity index (χ0) is 28.8. The number of carbonyl (C=O) groups excluding carboxylic acids is 4. The standard InChI is InChI=1S/C29H36FN5O5/c1-19(20-7-5-4-6-8-20)32-28(38)24-10-12-26(36)33(2)17-27(37)35-14-13-31-16-22(35)18-40-25-11-9-21(30)15-23(25)29(39)34(24)3/h4-9,11,15,19,22,24,31H,10,12-14,16-18H2,1-3H3,(H,32,38)/t19-,22+,24+/m1/s1. The van der Waals surface area contributed by atoms with Gasteiger partial charge in [0, 0.05) is 40.2 Å². The van der Waals surface area contributed by atoms with Gasteiger partial charge in [-0.3, -0.25) is 19.2 Å². The monoisotopic (exact) mass is 553 g/mol. The molecule has 0 radical (unpaired) electrons. The first kappa shape index (κ1) is 29.0. The van der Waals surface area contributed by atoms with Crippen LogP contribution in [0.3, 0.4) is 0 Å². The van der Waals surface area contributed by atoms with Crippen LogP contribution in [0, 0.1) is 5.82 Å². The lowest BCUT2D eigenvalue weighted by atomic mass is 10.0. The minimum Gasteiger partial charge on any atom is -0.491 e. The van der Waals surface area contributed by atoms with Gasteiger partial charge in [0.15, 0.2) is 0 Å². The van der Waals surface area contributed by atoms with Gasteiger partial charge < -0.3 is 30.1 Å². The molecule has 1 saturated heterocycles. The summed E-state index contributed by atoms with van der Waals surface area (Å²) in [5, 5.41) is 6.16. The molecule has 0 bridgehead atoms. The normalized spacial score (nSPS) is 21.9. The molecule has 2 aromatic carbocycles. The van der Waals surface area contributed by atoms with Crippen LogP contribution >= 0.6 is 0 Å². The molecule has 2 aliphatic heterocycles. The smallest absolute Gasteiger partial charge is 0.258 e. The van der Waals surface area contributed by atoms with E-state index in [4.69, 9.17) is 4.74 Å². The van der Waals surface area contributed by atoms with Crippen molar-refractivity contribution in [1.82, 2.24) is 25.3 Å². The third-order valence-electron chi connectivity index (χ3n) is 7.45. The van der Waals surface area contributed by atoms with Crippen LogP contribution in [0.5, 0.6) is 5.75 Å². The molecule has 40 heavy (non-hydrogen) atoms. The van der Waals surface area contributed by atoms with Gasteiger partial charge in [-0.05, 0) is 37.1 Å². The highest BCUT2D eigenvalue weighted by Crippen LogP contribution is 2.24. The summed E-state index contributed by atoms with van der Waals surface area (Å²) in [6.45, 7) is 3.28. The number of piperazine rings is 1. The molecule has 10 nitrogen and oxygen atoms in total. The van der Waals surface area contributed by atoms with E-state index in [0.717, 1.165) is 11.6 Å².